The predicted molar refractivity (Wildman–Crippen MR) is 73.8 cm³/mol. The Kier molecular flexibility index (Phi) is 3.05. The minimum Gasteiger partial charge on any atom is -0.381 e. The van der Waals surface area contributed by atoms with Crippen molar-refractivity contribution in [3.8, 4) is 0 Å². The van der Waals surface area contributed by atoms with E-state index < -0.39 is 0 Å². The number of hydrogen-bond acceptors (Lipinski definition) is 2. The van der Waals surface area contributed by atoms with E-state index in [2.05, 4.69) is 52.3 Å². The van der Waals surface area contributed by atoms with Crippen LogP contribution in [0.4, 0.5) is 5.69 Å². The molecule has 2 heterocycles. The summed E-state index contributed by atoms with van der Waals surface area (Å²) in [6.45, 7) is 3.27. The van der Waals surface area contributed by atoms with Gasteiger partial charge in [-0.15, -0.1) is 0 Å². The summed E-state index contributed by atoms with van der Waals surface area (Å²) in [5, 5.41) is 3.59. The Morgan fingerprint density at radius 1 is 1.39 bits per heavy atom. The lowest BCUT2D eigenvalue weighted by Crippen LogP contribution is -2.21. The summed E-state index contributed by atoms with van der Waals surface area (Å²) in [5.74, 6) is 1.20. The largest absolute Gasteiger partial charge is 0.381 e. The fourth-order valence-corrected chi connectivity index (χ4v) is 2.69. The molecule has 3 heteroatoms. The molecule has 0 saturated heterocycles. The average Bonchev–Trinajstić information content (AvgIpc) is 2.97. The highest BCUT2D eigenvalue weighted by Gasteiger charge is 2.21. The third kappa shape index (κ3) is 2.13. The maximum absolute atomic E-state index is 4.48. The predicted octanol–water partition coefficient (Wildman–Crippen LogP) is 2.87. The van der Waals surface area contributed by atoms with Crippen molar-refractivity contribution in [3.05, 3.63) is 48.0 Å². The van der Waals surface area contributed by atoms with Gasteiger partial charge in [0.15, 0.2) is 0 Å². The number of rotatable bonds is 4. The molecule has 18 heavy (non-hydrogen) atoms. The van der Waals surface area contributed by atoms with Crippen molar-refractivity contribution >= 4 is 5.69 Å². The van der Waals surface area contributed by atoms with Crippen molar-refractivity contribution < 1.29 is 0 Å². The van der Waals surface area contributed by atoms with E-state index in [9.17, 15) is 0 Å². The van der Waals surface area contributed by atoms with Crippen molar-refractivity contribution in [2.45, 2.75) is 38.8 Å². The summed E-state index contributed by atoms with van der Waals surface area (Å²) >= 11 is 0. The van der Waals surface area contributed by atoms with Gasteiger partial charge in [-0.25, -0.2) is 4.98 Å². The molecule has 1 N–H and O–H groups in total. The number of imidazole rings is 1. The maximum Gasteiger partial charge on any atom is 0.110 e. The van der Waals surface area contributed by atoms with Crippen LogP contribution in [0.25, 0.3) is 0 Å². The Bertz CT molecular complexity index is 505. The standard InChI is InChI=1S/C15H19N3/c1-2-8-18-9-7-16-15(18)11-13-10-12-5-3-4-6-14(12)17-13/h3-7,9,13,17H,2,8,10-11H2,1H3. The lowest BCUT2D eigenvalue weighted by atomic mass is 10.1. The fraction of sp³-hybridized carbons (Fsp3) is 0.400. The molecule has 0 fully saturated rings. The third-order valence-corrected chi connectivity index (χ3v) is 3.54. The quantitative estimate of drug-likeness (QED) is 0.892. The fourth-order valence-electron chi connectivity index (χ4n) is 2.69. The van der Waals surface area contributed by atoms with Crippen molar-refractivity contribution in [2.75, 3.05) is 5.32 Å². The molecule has 1 atom stereocenters. The highest BCUT2D eigenvalue weighted by Crippen LogP contribution is 2.26. The molecule has 1 aromatic carbocycles. The van der Waals surface area contributed by atoms with Gasteiger partial charge in [-0.05, 0) is 24.5 Å². The van der Waals surface area contributed by atoms with E-state index in [1.807, 2.05) is 6.20 Å². The lowest BCUT2D eigenvalue weighted by Gasteiger charge is -2.12. The number of hydrogen-bond donors (Lipinski definition) is 1. The summed E-state index contributed by atoms with van der Waals surface area (Å²) in [5.41, 5.74) is 2.71. The van der Waals surface area contributed by atoms with Crippen LogP contribution in [-0.4, -0.2) is 15.6 Å². The zero-order valence-corrected chi connectivity index (χ0v) is 10.8. The molecule has 94 valence electrons. The molecule has 0 spiro atoms. The van der Waals surface area contributed by atoms with Gasteiger partial charge in [0.1, 0.15) is 5.82 Å². The number of fused-ring (bicyclic) bond motifs is 1. The lowest BCUT2D eigenvalue weighted by molar-refractivity contribution is 0.608. The molecular weight excluding hydrogens is 222 g/mol. The molecule has 0 saturated carbocycles. The van der Waals surface area contributed by atoms with Crippen molar-refractivity contribution in [1.29, 1.82) is 0 Å². The zero-order chi connectivity index (χ0) is 12.4. The molecule has 1 aliphatic heterocycles. The number of aromatic nitrogens is 2. The Hall–Kier alpha value is -1.77. The van der Waals surface area contributed by atoms with Crippen molar-refractivity contribution in [3.63, 3.8) is 0 Å². The summed E-state index contributed by atoms with van der Waals surface area (Å²) in [4.78, 5) is 4.48. The molecule has 1 aliphatic rings. The zero-order valence-electron chi connectivity index (χ0n) is 10.8. The van der Waals surface area contributed by atoms with Crippen LogP contribution in [0.15, 0.2) is 36.7 Å². The van der Waals surface area contributed by atoms with Crippen LogP contribution in [0.2, 0.25) is 0 Å². The summed E-state index contributed by atoms with van der Waals surface area (Å²) < 4.78 is 2.27. The first-order chi connectivity index (χ1) is 8.86. The number of anilines is 1. The van der Waals surface area contributed by atoms with Gasteiger partial charge in [0.2, 0.25) is 0 Å². The van der Waals surface area contributed by atoms with Crippen LogP contribution in [0.3, 0.4) is 0 Å². The van der Waals surface area contributed by atoms with Crippen LogP contribution in [0, 0.1) is 0 Å². The SMILES string of the molecule is CCCn1ccnc1CC1Cc2ccccc2N1. The van der Waals surface area contributed by atoms with Gasteiger partial charge in [-0.1, -0.05) is 25.1 Å². The molecule has 3 rings (SSSR count). The van der Waals surface area contributed by atoms with Gasteiger partial charge in [0.05, 0.1) is 0 Å². The van der Waals surface area contributed by atoms with Gasteiger partial charge in [-0.3, -0.25) is 0 Å². The topological polar surface area (TPSA) is 29.9 Å². The number of aryl methyl sites for hydroxylation is 1. The van der Waals surface area contributed by atoms with E-state index in [1.165, 1.54) is 17.1 Å². The van der Waals surface area contributed by atoms with Crippen LogP contribution >= 0.6 is 0 Å². The first kappa shape index (κ1) is 11.3. The van der Waals surface area contributed by atoms with E-state index in [1.54, 1.807) is 0 Å². The molecule has 0 radical (unpaired) electrons. The summed E-state index contributed by atoms with van der Waals surface area (Å²) in [6.07, 6.45) is 7.26. The van der Waals surface area contributed by atoms with Crippen LogP contribution in [0.5, 0.6) is 0 Å². The third-order valence-electron chi connectivity index (χ3n) is 3.54. The highest BCUT2D eigenvalue weighted by molar-refractivity contribution is 5.56. The van der Waals surface area contributed by atoms with E-state index >= 15 is 0 Å². The van der Waals surface area contributed by atoms with E-state index in [4.69, 9.17) is 0 Å². The second-order valence-corrected chi connectivity index (χ2v) is 4.94. The van der Waals surface area contributed by atoms with E-state index in [-0.39, 0.29) is 0 Å². The first-order valence-corrected chi connectivity index (χ1v) is 6.71. The van der Waals surface area contributed by atoms with Gasteiger partial charge < -0.3 is 9.88 Å². The van der Waals surface area contributed by atoms with Crippen LogP contribution in [0.1, 0.15) is 24.7 Å². The van der Waals surface area contributed by atoms with E-state index in [0.717, 1.165) is 25.8 Å². The minimum absolute atomic E-state index is 0.486. The molecule has 1 unspecified atom stereocenters. The maximum atomic E-state index is 4.48. The Balaban J connectivity index is 1.70. The number of nitrogens with zero attached hydrogens (tertiary/aromatic N) is 2. The van der Waals surface area contributed by atoms with Gasteiger partial charge in [0, 0.05) is 37.1 Å². The van der Waals surface area contributed by atoms with Gasteiger partial charge in [0.25, 0.3) is 0 Å². The van der Waals surface area contributed by atoms with E-state index in [0.29, 0.717) is 6.04 Å². The number of nitrogens with one attached hydrogen (secondary N) is 1. The number of para-hydroxylation sites is 1. The second-order valence-electron chi connectivity index (χ2n) is 4.94. The van der Waals surface area contributed by atoms with Crippen LogP contribution in [-0.2, 0) is 19.4 Å². The summed E-state index contributed by atoms with van der Waals surface area (Å²) in [6, 6.07) is 9.06. The molecule has 0 bridgehead atoms. The molecule has 0 amide bonds. The highest BCUT2D eigenvalue weighted by atomic mass is 15.1. The number of benzene rings is 1. The smallest absolute Gasteiger partial charge is 0.110 e. The molecule has 2 aromatic rings. The van der Waals surface area contributed by atoms with Crippen molar-refractivity contribution in [2.24, 2.45) is 0 Å². The first-order valence-electron chi connectivity index (χ1n) is 6.71. The Labute approximate surface area is 108 Å². The van der Waals surface area contributed by atoms with Crippen LogP contribution < -0.4 is 5.32 Å². The molecular formula is C15H19N3. The average molecular weight is 241 g/mol. The van der Waals surface area contributed by atoms with Gasteiger partial charge in [-0.2, -0.15) is 0 Å². The molecule has 1 aromatic heterocycles. The normalized spacial score (nSPS) is 17.5. The molecule has 0 aliphatic carbocycles. The van der Waals surface area contributed by atoms with Gasteiger partial charge >= 0.3 is 0 Å². The van der Waals surface area contributed by atoms with Crippen molar-refractivity contribution in [1.82, 2.24) is 9.55 Å². The minimum atomic E-state index is 0.486. The second kappa shape index (κ2) is 4.84. The summed E-state index contributed by atoms with van der Waals surface area (Å²) in [7, 11) is 0. The Morgan fingerprint density at radius 3 is 3.11 bits per heavy atom. The Morgan fingerprint density at radius 2 is 2.28 bits per heavy atom. The molecule has 3 nitrogen and oxygen atoms in total. The monoisotopic (exact) mass is 241 g/mol.